The molecular weight excluding hydrogens is 416 g/mol. The van der Waals surface area contributed by atoms with Crippen LogP contribution in [0.4, 0.5) is 0 Å². The van der Waals surface area contributed by atoms with E-state index in [-0.39, 0.29) is 5.91 Å². The number of allylic oxidation sites excluding steroid dienone is 2. The van der Waals surface area contributed by atoms with Crippen molar-refractivity contribution in [1.29, 1.82) is 0 Å². The first-order valence-corrected chi connectivity index (χ1v) is 12.3. The van der Waals surface area contributed by atoms with Crippen LogP contribution in [-0.4, -0.2) is 31.3 Å². The Morgan fingerprint density at radius 2 is 2.20 bits per heavy atom. The normalized spacial score (nSPS) is 16.5. The second-order valence-corrected chi connectivity index (χ2v) is 9.56. The van der Waals surface area contributed by atoms with Crippen molar-refractivity contribution >= 4 is 29.0 Å². The first kappa shape index (κ1) is 19.6. The van der Waals surface area contributed by atoms with E-state index in [0.717, 1.165) is 59.4 Å². The van der Waals surface area contributed by atoms with Gasteiger partial charge in [0.05, 0.1) is 23.4 Å². The quantitative estimate of drug-likeness (QED) is 0.432. The van der Waals surface area contributed by atoms with E-state index in [1.165, 1.54) is 18.2 Å². The van der Waals surface area contributed by atoms with Crippen LogP contribution < -0.4 is 0 Å². The minimum atomic E-state index is 0.0903. The third-order valence-corrected chi connectivity index (χ3v) is 7.25. The predicted octanol–water partition coefficient (Wildman–Crippen LogP) is 5.51. The molecule has 3 aromatic rings. The average molecular weight is 441 g/mol. The third-order valence-electron chi connectivity index (χ3n) is 5.45. The maximum absolute atomic E-state index is 13.2. The van der Waals surface area contributed by atoms with E-state index in [1.807, 2.05) is 23.1 Å². The van der Waals surface area contributed by atoms with Crippen molar-refractivity contribution in [2.75, 3.05) is 5.75 Å². The van der Waals surface area contributed by atoms with E-state index in [1.54, 1.807) is 17.6 Å². The SMILES string of the molecule is O=C(CSc1nnc(-c2cccs2)n1C1CC1)N(Cc1ccco1)C1=CCCCC1. The summed E-state index contributed by atoms with van der Waals surface area (Å²) in [6.07, 6.45) is 10.5. The Bertz CT molecular complexity index is 1020. The molecule has 30 heavy (non-hydrogen) atoms. The van der Waals surface area contributed by atoms with Gasteiger partial charge in [0.2, 0.25) is 5.91 Å². The fraction of sp³-hybridized carbons (Fsp3) is 0.409. The van der Waals surface area contributed by atoms with E-state index in [4.69, 9.17) is 4.42 Å². The van der Waals surface area contributed by atoms with Crippen molar-refractivity contribution in [3.05, 3.63) is 53.4 Å². The van der Waals surface area contributed by atoms with Gasteiger partial charge in [-0.2, -0.15) is 0 Å². The number of aromatic nitrogens is 3. The molecule has 3 heterocycles. The van der Waals surface area contributed by atoms with Gasteiger partial charge in [-0.05, 0) is 62.1 Å². The Morgan fingerprint density at radius 3 is 2.90 bits per heavy atom. The number of furan rings is 1. The highest BCUT2D eigenvalue weighted by molar-refractivity contribution is 7.99. The molecule has 0 spiro atoms. The van der Waals surface area contributed by atoms with Crippen LogP contribution in [0, 0.1) is 0 Å². The van der Waals surface area contributed by atoms with Crippen molar-refractivity contribution in [3.63, 3.8) is 0 Å². The number of carbonyl (C=O) groups excluding carboxylic acids is 1. The molecule has 0 bridgehead atoms. The molecule has 0 aromatic carbocycles. The van der Waals surface area contributed by atoms with Crippen LogP contribution in [0.2, 0.25) is 0 Å². The average Bonchev–Trinajstić information content (AvgIpc) is 3.20. The second-order valence-electron chi connectivity index (χ2n) is 7.67. The van der Waals surface area contributed by atoms with Crippen molar-refractivity contribution in [1.82, 2.24) is 19.7 Å². The largest absolute Gasteiger partial charge is 0.467 e. The summed E-state index contributed by atoms with van der Waals surface area (Å²) < 4.78 is 7.74. The Balaban J connectivity index is 1.33. The molecule has 0 N–H and O–H groups in total. The van der Waals surface area contributed by atoms with Gasteiger partial charge in [-0.15, -0.1) is 21.5 Å². The minimum Gasteiger partial charge on any atom is -0.467 e. The lowest BCUT2D eigenvalue weighted by molar-refractivity contribution is -0.127. The number of thiophene rings is 1. The Morgan fingerprint density at radius 1 is 1.27 bits per heavy atom. The van der Waals surface area contributed by atoms with Crippen LogP contribution in [0.3, 0.4) is 0 Å². The molecule has 3 aromatic heterocycles. The van der Waals surface area contributed by atoms with E-state index in [2.05, 4.69) is 32.3 Å². The van der Waals surface area contributed by atoms with E-state index < -0.39 is 0 Å². The van der Waals surface area contributed by atoms with Crippen LogP contribution in [0.25, 0.3) is 10.7 Å². The van der Waals surface area contributed by atoms with Crippen LogP contribution in [0.15, 0.2) is 57.3 Å². The molecule has 1 amide bonds. The highest BCUT2D eigenvalue weighted by Gasteiger charge is 2.31. The van der Waals surface area contributed by atoms with Gasteiger partial charge >= 0.3 is 0 Å². The number of hydrogen-bond acceptors (Lipinski definition) is 6. The number of hydrogen-bond donors (Lipinski definition) is 0. The molecule has 1 saturated carbocycles. The minimum absolute atomic E-state index is 0.0903. The number of amides is 1. The molecule has 6 nitrogen and oxygen atoms in total. The third kappa shape index (κ3) is 4.25. The second kappa shape index (κ2) is 8.81. The van der Waals surface area contributed by atoms with Crippen LogP contribution in [0.1, 0.15) is 50.3 Å². The van der Waals surface area contributed by atoms with Gasteiger partial charge < -0.3 is 9.32 Å². The van der Waals surface area contributed by atoms with Gasteiger partial charge in [-0.1, -0.05) is 23.9 Å². The molecule has 0 aliphatic heterocycles. The zero-order valence-electron chi connectivity index (χ0n) is 16.7. The van der Waals surface area contributed by atoms with Crippen LogP contribution >= 0.6 is 23.1 Å². The summed E-state index contributed by atoms with van der Waals surface area (Å²) in [7, 11) is 0. The lowest BCUT2D eigenvalue weighted by Crippen LogP contribution is -2.32. The van der Waals surface area contributed by atoms with Gasteiger partial charge in [-0.25, -0.2) is 0 Å². The first-order chi connectivity index (χ1) is 14.8. The topological polar surface area (TPSA) is 64.2 Å². The highest BCUT2D eigenvalue weighted by Crippen LogP contribution is 2.41. The summed E-state index contributed by atoms with van der Waals surface area (Å²) in [5, 5.41) is 11.8. The standard InChI is InChI=1S/C22H24N4O2S2/c27-20(25(14-18-8-4-12-28-18)16-6-2-1-3-7-16)15-30-22-24-23-21(19-9-5-13-29-19)26(22)17-10-11-17/h4-6,8-9,12-13,17H,1-3,7,10-11,14-15H2. The Labute approximate surface area is 184 Å². The van der Waals surface area contributed by atoms with Crippen LogP contribution in [-0.2, 0) is 11.3 Å². The fourth-order valence-corrected chi connectivity index (χ4v) is 5.38. The molecule has 5 rings (SSSR count). The van der Waals surface area contributed by atoms with E-state index >= 15 is 0 Å². The predicted molar refractivity (Wildman–Crippen MR) is 118 cm³/mol. The summed E-state index contributed by atoms with van der Waals surface area (Å²) in [5.41, 5.74) is 1.12. The van der Waals surface area contributed by atoms with Crippen molar-refractivity contribution in [3.8, 4) is 10.7 Å². The lowest BCUT2D eigenvalue weighted by Gasteiger charge is -2.27. The number of carbonyl (C=O) groups is 1. The van der Waals surface area contributed by atoms with Crippen molar-refractivity contribution < 1.29 is 9.21 Å². The van der Waals surface area contributed by atoms with Gasteiger partial charge in [0.1, 0.15) is 5.76 Å². The Hall–Kier alpha value is -2.32. The maximum Gasteiger partial charge on any atom is 0.237 e. The van der Waals surface area contributed by atoms with Gasteiger partial charge in [0.15, 0.2) is 11.0 Å². The van der Waals surface area contributed by atoms with E-state index in [0.29, 0.717) is 18.3 Å². The molecule has 0 saturated heterocycles. The van der Waals surface area contributed by atoms with Gasteiger partial charge in [0.25, 0.3) is 0 Å². The highest BCUT2D eigenvalue weighted by atomic mass is 32.2. The molecule has 2 aliphatic carbocycles. The van der Waals surface area contributed by atoms with Gasteiger partial charge in [-0.3, -0.25) is 9.36 Å². The van der Waals surface area contributed by atoms with Crippen molar-refractivity contribution in [2.24, 2.45) is 0 Å². The summed E-state index contributed by atoms with van der Waals surface area (Å²) in [6.45, 7) is 0.480. The number of rotatable bonds is 8. The van der Waals surface area contributed by atoms with Crippen LogP contribution in [0.5, 0.6) is 0 Å². The number of thioether (sulfide) groups is 1. The van der Waals surface area contributed by atoms with E-state index in [9.17, 15) is 4.79 Å². The lowest BCUT2D eigenvalue weighted by atomic mass is 10.0. The molecule has 0 atom stereocenters. The fourth-order valence-electron chi connectivity index (χ4n) is 3.79. The molecule has 2 aliphatic rings. The number of nitrogens with zero attached hydrogens (tertiary/aromatic N) is 4. The maximum atomic E-state index is 13.2. The molecule has 156 valence electrons. The summed E-state index contributed by atoms with van der Waals surface area (Å²) in [5.74, 6) is 2.16. The zero-order valence-corrected chi connectivity index (χ0v) is 18.3. The molecule has 0 unspecified atom stereocenters. The zero-order chi connectivity index (χ0) is 20.3. The van der Waals surface area contributed by atoms with Gasteiger partial charge in [0, 0.05) is 11.7 Å². The first-order valence-electron chi connectivity index (χ1n) is 10.4. The Kier molecular flexibility index (Phi) is 5.77. The summed E-state index contributed by atoms with van der Waals surface area (Å²) in [6, 6.07) is 8.36. The molecular formula is C22H24N4O2S2. The molecule has 8 heteroatoms. The monoisotopic (exact) mass is 440 g/mol. The van der Waals surface area contributed by atoms with Crippen molar-refractivity contribution in [2.45, 2.75) is 56.3 Å². The summed E-state index contributed by atoms with van der Waals surface area (Å²) in [4.78, 5) is 16.3. The summed E-state index contributed by atoms with van der Waals surface area (Å²) >= 11 is 3.16. The molecule has 0 radical (unpaired) electrons. The smallest absolute Gasteiger partial charge is 0.237 e. The molecule has 1 fully saturated rings.